The number of hydrogen-bond donors (Lipinski definition) is 2. The Kier molecular flexibility index (Phi) is 4.08. The lowest BCUT2D eigenvalue weighted by Gasteiger charge is -2.15. The van der Waals surface area contributed by atoms with E-state index in [9.17, 15) is 9.59 Å². The first kappa shape index (κ1) is 12.0. The van der Waals surface area contributed by atoms with E-state index in [1.54, 1.807) is 11.9 Å². The summed E-state index contributed by atoms with van der Waals surface area (Å²) in [6.45, 7) is 2.68. The molecule has 0 bridgehead atoms. The molecule has 0 radical (unpaired) electrons. The molecule has 0 aromatic heterocycles. The summed E-state index contributed by atoms with van der Waals surface area (Å²) in [7, 11) is 1.74. The van der Waals surface area contributed by atoms with E-state index in [4.69, 9.17) is 5.73 Å². The first-order valence-electron chi connectivity index (χ1n) is 5.37. The molecule has 5 nitrogen and oxygen atoms in total. The lowest BCUT2D eigenvalue weighted by molar-refractivity contribution is -0.132. The average molecular weight is 213 g/mol. The molecule has 0 aliphatic carbocycles. The molecule has 1 heterocycles. The summed E-state index contributed by atoms with van der Waals surface area (Å²) >= 11 is 0. The fraction of sp³-hybridized carbons (Fsp3) is 0.800. The molecule has 2 amide bonds. The number of hydrogen-bond acceptors (Lipinski definition) is 3. The predicted molar refractivity (Wildman–Crippen MR) is 57.1 cm³/mol. The lowest BCUT2D eigenvalue weighted by Crippen LogP contribution is -2.47. The molecular weight excluding hydrogens is 194 g/mol. The zero-order chi connectivity index (χ0) is 11.4. The van der Waals surface area contributed by atoms with Gasteiger partial charge in [-0.2, -0.15) is 0 Å². The number of nitrogens with one attached hydrogen (secondary N) is 1. The van der Waals surface area contributed by atoms with Gasteiger partial charge in [-0.1, -0.05) is 13.3 Å². The molecule has 2 atom stereocenters. The highest BCUT2D eigenvalue weighted by molar-refractivity contribution is 5.90. The molecule has 1 saturated heterocycles. The Hall–Kier alpha value is -1.10. The van der Waals surface area contributed by atoms with Crippen molar-refractivity contribution in [1.82, 2.24) is 10.2 Å². The van der Waals surface area contributed by atoms with Crippen molar-refractivity contribution in [3.8, 4) is 0 Å². The van der Waals surface area contributed by atoms with Crippen LogP contribution in [0.25, 0.3) is 0 Å². The highest BCUT2D eigenvalue weighted by Crippen LogP contribution is 2.08. The van der Waals surface area contributed by atoms with Crippen LogP contribution in [0.5, 0.6) is 0 Å². The van der Waals surface area contributed by atoms with Gasteiger partial charge >= 0.3 is 0 Å². The van der Waals surface area contributed by atoms with Crippen molar-refractivity contribution in [2.75, 3.05) is 13.6 Å². The number of likely N-dealkylation sites (tertiary alicyclic amines) is 1. The molecule has 15 heavy (non-hydrogen) atoms. The van der Waals surface area contributed by atoms with Gasteiger partial charge in [-0.3, -0.25) is 9.59 Å². The Morgan fingerprint density at radius 2 is 2.40 bits per heavy atom. The topological polar surface area (TPSA) is 75.4 Å². The summed E-state index contributed by atoms with van der Waals surface area (Å²) in [5.41, 5.74) is 5.65. The van der Waals surface area contributed by atoms with Crippen LogP contribution in [0.2, 0.25) is 0 Å². The maximum absolute atomic E-state index is 11.5. The van der Waals surface area contributed by atoms with Crippen molar-refractivity contribution < 1.29 is 9.59 Å². The SMILES string of the molecule is CCCC(N)C(=O)NC1CCN(C)C1=O. The standard InChI is InChI=1S/C10H19N3O2/c1-3-4-7(11)9(14)12-8-5-6-13(2)10(8)15/h7-8H,3-6,11H2,1-2H3,(H,12,14). The molecule has 1 rings (SSSR count). The second-order valence-electron chi connectivity index (χ2n) is 4.00. The summed E-state index contributed by atoms with van der Waals surface area (Å²) in [4.78, 5) is 24.6. The monoisotopic (exact) mass is 213 g/mol. The first-order chi connectivity index (χ1) is 7.06. The number of rotatable bonds is 4. The molecule has 0 aromatic rings. The highest BCUT2D eigenvalue weighted by atomic mass is 16.2. The van der Waals surface area contributed by atoms with Crippen LogP contribution in [0.4, 0.5) is 0 Å². The van der Waals surface area contributed by atoms with Crippen LogP contribution in [0.1, 0.15) is 26.2 Å². The fourth-order valence-corrected chi connectivity index (χ4v) is 1.68. The first-order valence-corrected chi connectivity index (χ1v) is 5.37. The molecule has 86 valence electrons. The van der Waals surface area contributed by atoms with E-state index in [0.29, 0.717) is 19.4 Å². The van der Waals surface area contributed by atoms with E-state index < -0.39 is 6.04 Å². The summed E-state index contributed by atoms with van der Waals surface area (Å²) < 4.78 is 0. The van der Waals surface area contributed by atoms with E-state index in [1.165, 1.54) is 0 Å². The van der Waals surface area contributed by atoms with Crippen LogP contribution in [-0.4, -0.2) is 42.4 Å². The van der Waals surface area contributed by atoms with E-state index in [-0.39, 0.29) is 17.9 Å². The Morgan fingerprint density at radius 3 is 2.87 bits per heavy atom. The third-order valence-electron chi connectivity index (χ3n) is 2.68. The lowest BCUT2D eigenvalue weighted by atomic mass is 10.1. The zero-order valence-corrected chi connectivity index (χ0v) is 9.32. The van der Waals surface area contributed by atoms with Crippen LogP contribution < -0.4 is 11.1 Å². The Balaban J connectivity index is 2.42. The Morgan fingerprint density at radius 1 is 1.73 bits per heavy atom. The summed E-state index contributed by atoms with van der Waals surface area (Å²) in [5.74, 6) is -0.238. The number of carbonyl (C=O) groups excluding carboxylic acids is 2. The van der Waals surface area contributed by atoms with E-state index in [1.807, 2.05) is 6.92 Å². The summed E-state index contributed by atoms with van der Waals surface area (Å²) in [6.07, 6.45) is 2.20. The van der Waals surface area contributed by atoms with Crippen molar-refractivity contribution in [2.24, 2.45) is 5.73 Å². The summed E-state index contributed by atoms with van der Waals surface area (Å²) in [6, 6.07) is -0.862. The molecule has 0 spiro atoms. The normalized spacial score (nSPS) is 23.0. The van der Waals surface area contributed by atoms with Crippen molar-refractivity contribution in [1.29, 1.82) is 0 Å². The van der Waals surface area contributed by atoms with Crippen molar-refractivity contribution in [3.63, 3.8) is 0 Å². The molecular formula is C10H19N3O2. The molecule has 0 saturated carbocycles. The number of carbonyl (C=O) groups is 2. The molecule has 5 heteroatoms. The van der Waals surface area contributed by atoms with Gasteiger partial charge < -0.3 is 16.0 Å². The minimum Gasteiger partial charge on any atom is -0.344 e. The molecule has 1 aliphatic heterocycles. The fourth-order valence-electron chi connectivity index (χ4n) is 1.68. The largest absolute Gasteiger partial charge is 0.344 e. The van der Waals surface area contributed by atoms with Crippen molar-refractivity contribution >= 4 is 11.8 Å². The smallest absolute Gasteiger partial charge is 0.244 e. The zero-order valence-electron chi connectivity index (χ0n) is 9.32. The van der Waals surface area contributed by atoms with Crippen LogP contribution in [0, 0.1) is 0 Å². The molecule has 1 aliphatic rings. The van der Waals surface area contributed by atoms with Gasteiger partial charge in [0.25, 0.3) is 0 Å². The quantitative estimate of drug-likeness (QED) is 0.658. The van der Waals surface area contributed by atoms with E-state index in [0.717, 1.165) is 6.42 Å². The molecule has 3 N–H and O–H groups in total. The second kappa shape index (κ2) is 5.11. The van der Waals surface area contributed by atoms with Crippen LogP contribution in [-0.2, 0) is 9.59 Å². The van der Waals surface area contributed by atoms with Gasteiger partial charge in [0.1, 0.15) is 6.04 Å². The number of nitrogens with two attached hydrogens (primary N) is 1. The second-order valence-corrected chi connectivity index (χ2v) is 4.00. The maximum Gasteiger partial charge on any atom is 0.244 e. The molecule has 0 aromatic carbocycles. The van der Waals surface area contributed by atoms with Crippen LogP contribution in [0.3, 0.4) is 0 Å². The van der Waals surface area contributed by atoms with Gasteiger partial charge in [0.2, 0.25) is 11.8 Å². The van der Waals surface area contributed by atoms with Crippen LogP contribution >= 0.6 is 0 Å². The number of likely N-dealkylation sites (N-methyl/N-ethyl adjacent to an activating group) is 1. The minimum absolute atomic E-state index is 0.0213. The van der Waals surface area contributed by atoms with Gasteiger partial charge in [0, 0.05) is 13.6 Å². The van der Waals surface area contributed by atoms with E-state index >= 15 is 0 Å². The summed E-state index contributed by atoms with van der Waals surface area (Å²) in [5, 5.41) is 2.69. The van der Waals surface area contributed by atoms with Gasteiger partial charge in [0.05, 0.1) is 6.04 Å². The van der Waals surface area contributed by atoms with Gasteiger partial charge in [-0.05, 0) is 12.8 Å². The maximum atomic E-state index is 11.5. The highest BCUT2D eigenvalue weighted by Gasteiger charge is 2.31. The number of amides is 2. The van der Waals surface area contributed by atoms with Gasteiger partial charge in [0.15, 0.2) is 0 Å². The third-order valence-corrected chi connectivity index (χ3v) is 2.68. The Bertz CT molecular complexity index is 255. The van der Waals surface area contributed by atoms with Crippen LogP contribution in [0.15, 0.2) is 0 Å². The number of nitrogens with zero attached hydrogens (tertiary/aromatic N) is 1. The minimum atomic E-state index is -0.492. The third kappa shape index (κ3) is 2.92. The molecule has 1 fully saturated rings. The van der Waals surface area contributed by atoms with Gasteiger partial charge in [-0.25, -0.2) is 0 Å². The van der Waals surface area contributed by atoms with Crippen molar-refractivity contribution in [3.05, 3.63) is 0 Å². The molecule has 2 unspecified atom stereocenters. The van der Waals surface area contributed by atoms with Gasteiger partial charge in [-0.15, -0.1) is 0 Å². The average Bonchev–Trinajstić information content (AvgIpc) is 2.50. The Labute approximate surface area is 90.0 Å². The van der Waals surface area contributed by atoms with E-state index in [2.05, 4.69) is 5.32 Å². The van der Waals surface area contributed by atoms with Crippen molar-refractivity contribution in [2.45, 2.75) is 38.3 Å². The predicted octanol–water partition coefficient (Wildman–Crippen LogP) is -0.539.